The zero-order chi connectivity index (χ0) is 21.9. The van der Waals surface area contributed by atoms with Gasteiger partial charge in [-0.15, -0.1) is 0 Å². The number of methoxy groups -OCH3 is 1. The first-order valence-electron chi connectivity index (χ1n) is 10.2. The fourth-order valence-electron chi connectivity index (χ4n) is 3.77. The SMILES string of the molecule is COc1cc2[nH]c(NCc3cccc(-c4ccccc4)c3)cc(=O)c2cc1-c1cnco1. The highest BCUT2D eigenvalue weighted by Gasteiger charge is 2.13. The zero-order valence-electron chi connectivity index (χ0n) is 17.5. The first-order valence-corrected chi connectivity index (χ1v) is 10.2. The molecule has 2 aromatic heterocycles. The van der Waals surface area contributed by atoms with E-state index in [1.807, 2.05) is 24.3 Å². The Morgan fingerprint density at radius 2 is 1.84 bits per heavy atom. The molecule has 0 amide bonds. The molecular weight excluding hydrogens is 402 g/mol. The van der Waals surface area contributed by atoms with Crippen molar-refractivity contribution in [3.63, 3.8) is 0 Å². The topological polar surface area (TPSA) is 80.1 Å². The van der Waals surface area contributed by atoms with Gasteiger partial charge in [-0.3, -0.25) is 4.79 Å². The summed E-state index contributed by atoms with van der Waals surface area (Å²) in [6, 6.07) is 23.7. The number of benzene rings is 3. The van der Waals surface area contributed by atoms with Crippen LogP contribution in [-0.4, -0.2) is 17.1 Å². The van der Waals surface area contributed by atoms with E-state index in [2.05, 4.69) is 45.6 Å². The van der Waals surface area contributed by atoms with E-state index in [-0.39, 0.29) is 5.43 Å². The van der Waals surface area contributed by atoms with Crippen molar-refractivity contribution >= 4 is 16.7 Å². The van der Waals surface area contributed by atoms with Crippen molar-refractivity contribution < 1.29 is 9.15 Å². The molecule has 0 saturated carbocycles. The highest BCUT2D eigenvalue weighted by atomic mass is 16.5. The van der Waals surface area contributed by atoms with E-state index in [0.717, 1.165) is 11.1 Å². The Balaban J connectivity index is 1.43. The lowest BCUT2D eigenvalue weighted by Crippen LogP contribution is -2.08. The van der Waals surface area contributed by atoms with Gasteiger partial charge < -0.3 is 19.5 Å². The fourth-order valence-corrected chi connectivity index (χ4v) is 3.77. The van der Waals surface area contributed by atoms with Crippen LogP contribution in [0.1, 0.15) is 5.56 Å². The zero-order valence-corrected chi connectivity index (χ0v) is 17.5. The first kappa shape index (κ1) is 19.6. The van der Waals surface area contributed by atoms with E-state index in [4.69, 9.17) is 9.15 Å². The van der Waals surface area contributed by atoms with Crippen LogP contribution >= 0.6 is 0 Å². The number of nitrogens with zero attached hydrogens (tertiary/aromatic N) is 1. The molecule has 6 nitrogen and oxygen atoms in total. The van der Waals surface area contributed by atoms with Crippen molar-refractivity contribution in [3.8, 4) is 28.2 Å². The first-order chi connectivity index (χ1) is 15.7. The van der Waals surface area contributed by atoms with Crippen molar-refractivity contribution in [2.45, 2.75) is 6.54 Å². The molecule has 0 fully saturated rings. The molecule has 0 saturated heterocycles. The van der Waals surface area contributed by atoms with Gasteiger partial charge in [0.05, 0.1) is 24.4 Å². The van der Waals surface area contributed by atoms with Crippen LogP contribution in [0.4, 0.5) is 5.82 Å². The number of ether oxygens (including phenoxy) is 1. The largest absolute Gasteiger partial charge is 0.496 e. The third-order valence-electron chi connectivity index (χ3n) is 5.36. The smallest absolute Gasteiger partial charge is 0.191 e. The van der Waals surface area contributed by atoms with E-state index < -0.39 is 0 Å². The van der Waals surface area contributed by atoms with Gasteiger partial charge in [0.2, 0.25) is 0 Å². The molecule has 6 heteroatoms. The quantitative estimate of drug-likeness (QED) is 0.378. The second-order valence-corrected chi connectivity index (χ2v) is 7.43. The van der Waals surface area contributed by atoms with Gasteiger partial charge in [0.15, 0.2) is 17.6 Å². The van der Waals surface area contributed by atoms with Gasteiger partial charge >= 0.3 is 0 Å². The molecule has 0 bridgehead atoms. The van der Waals surface area contributed by atoms with Gasteiger partial charge in [-0.25, -0.2) is 4.98 Å². The number of aromatic nitrogens is 2. The minimum absolute atomic E-state index is 0.0947. The molecule has 0 aliphatic heterocycles. The van der Waals surface area contributed by atoms with Gasteiger partial charge in [0.25, 0.3) is 0 Å². The third kappa shape index (κ3) is 3.86. The summed E-state index contributed by atoms with van der Waals surface area (Å²) in [7, 11) is 1.58. The number of hydrogen-bond donors (Lipinski definition) is 2. The number of fused-ring (bicyclic) bond motifs is 1. The normalized spacial score (nSPS) is 10.9. The lowest BCUT2D eigenvalue weighted by atomic mass is 10.0. The molecule has 0 aliphatic carbocycles. The molecule has 0 aliphatic rings. The van der Waals surface area contributed by atoms with E-state index in [9.17, 15) is 4.79 Å². The summed E-state index contributed by atoms with van der Waals surface area (Å²) < 4.78 is 10.9. The number of rotatable bonds is 6. The van der Waals surface area contributed by atoms with Gasteiger partial charge in [0, 0.05) is 24.1 Å². The van der Waals surface area contributed by atoms with E-state index >= 15 is 0 Å². The molecule has 5 aromatic rings. The number of anilines is 1. The Morgan fingerprint density at radius 3 is 2.62 bits per heavy atom. The van der Waals surface area contributed by atoms with Crippen LogP contribution in [0, 0.1) is 0 Å². The molecule has 2 heterocycles. The Bertz CT molecular complexity index is 1420. The number of nitrogens with one attached hydrogen (secondary N) is 2. The predicted molar refractivity (Wildman–Crippen MR) is 126 cm³/mol. The minimum atomic E-state index is -0.0947. The summed E-state index contributed by atoms with van der Waals surface area (Å²) in [5, 5.41) is 3.88. The van der Waals surface area contributed by atoms with Crippen molar-refractivity contribution in [2.75, 3.05) is 12.4 Å². The predicted octanol–water partition coefficient (Wildman–Crippen LogP) is 5.47. The summed E-state index contributed by atoms with van der Waals surface area (Å²) >= 11 is 0. The fraction of sp³-hybridized carbons (Fsp3) is 0.0769. The van der Waals surface area contributed by atoms with Crippen molar-refractivity contribution in [3.05, 3.63) is 101 Å². The molecule has 158 valence electrons. The highest BCUT2D eigenvalue weighted by Crippen LogP contribution is 2.33. The molecule has 2 N–H and O–H groups in total. The highest BCUT2D eigenvalue weighted by molar-refractivity contribution is 5.88. The minimum Gasteiger partial charge on any atom is -0.496 e. The van der Waals surface area contributed by atoms with Crippen LogP contribution in [0.25, 0.3) is 33.4 Å². The molecular formula is C26H21N3O3. The summed E-state index contributed by atoms with van der Waals surface area (Å²) in [6.07, 6.45) is 2.94. The average Bonchev–Trinajstić information content (AvgIpc) is 3.38. The molecule has 0 spiro atoms. The second-order valence-electron chi connectivity index (χ2n) is 7.43. The second kappa shape index (κ2) is 8.43. The average molecular weight is 423 g/mol. The van der Waals surface area contributed by atoms with Gasteiger partial charge in [-0.05, 0) is 28.8 Å². The van der Waals surface area contributed by atoms with E-state index in [1.165, 1.54) is 12.0 Å². The molecule has 0 atom stereocenters. The van der Waals surface area contributed by atoms with Gasteiger partial charge in [-0.2, -0.15) is 0 Å². The number of H-pyrrole nitrogens is 1. The van der Waals surface area contributed by atoms with Gasteiger partial charge in [0.1, 0.15) is 11.6 Å². The number of aromatic amines is 1. The molecule has 3 aromatic carbocycles. The maximum atomic E-state index is 12.8. The van der Waals surface area contributed by atoms with Crippen LogP contribution < -0.4 is 15.5 Å². The Hall–Kier alpha value is -4.32. The van der Waals surface area contributed by atoms with Gasteiger partial charge in [-0.1, -0.05) is 48.5 Å². The monoisotopic (exact) mass is 423 g/mol. The summed E-state index contributed by atoms with van der Waals surface area (Å²) in [5.41, 5.74) is 4.71. The molecule has 32 heavy (non-hydrogen) atoms. The standard InChI is InChI=1S/C26H21N3O3/c1-31-24-12-22-20(11-21(24)25-15-27-16-32-25)23(30)13-26(29-22)28-14-17-6-5-9-19(10-17)18-7-3-2-4-8-18/h2-13,15-16H,14H2,1H3,(H2,28,29,30). The maximum absolute atomic E-state index is 12.8. The number of pyridine rings is 1. The summed E-state index contributed by atoms with van der Waals surface area (Å²) in [6.45, 7) is 0.579. The summed E-state index contributed by atoms with van der Waals surface area (Å²) in [4.78, 5) is 20.1. The van der Waals surface area contributed by atoms with Crippen LogP contribution in [0.5, 0.6) is 5.75 Å². The maximum Gasteiger partial charge on any atom is 0.191 e. The molecule has 0 radical (unpaired) electrons. The number of oxazole rings is 1. The van der Waals surface area contributed by atoms with Crippen molar-refractivity contribution in [1.82, 2.24) is 9.97 Å². The number of hydrogen-bond acceptors (Lipinski definition) is 5. The third-order valence-corrected chi connectivity index (χ3v) is 5.36. The van der Waals surface area contributed by atoms with E-state index in [1.54, 1.807) is 31.5 Å². The van der Waals surface area contributed by atoms with Crippen LogP contribution in [0.2, 0.25) is 0 Å². The lowest BCUT2D eigenvalue weighted by Gasteiger charge is -2.12. The van der Waals surface area contributed by atoms with E-state index in [0.29, 0.717) is 40.3 Å². The Morgan fingerprint density at radius 1 is 1.00 bits per heavy atom. The Labute approximate surface area is 184 Å². The lowest BCUT2D eigenvalue weighted by molar-refractivity contribution is 0.415. The van der Waals surface area contributed by atoms with Crippen LogP contribution in [0.15, 0.2) is 94.6 Å². The van der Waals surface area contributed by atoms with Crippen molar-refractivity contribution in [2.24, 2.45) is 0 Å². The van der Waals surface area contributed by atoms with Crippen molar-refractivity contribution in [1.29, 1.82) is 0 Å². The van der Waals surface area contributed by atoms with Crippen LogP contribution in [-0.2, 0) is 6.54 Å². The summed E-state index contributed by atoms with van der Waals surface area (Å²) in [5.74, 6) is 1.78. The molecule has 5 rings (SSSR count). The van der Waals surface area contributed by atoms with Crippen LogP contribution in [0.3, 0.4) is 0 Å². The molecule has 0 unspecified atom stereocenters. The Kier molecular flexibility index (Phi) is 5.17.